The van der Waals surface area contributed by atoms with Crippen LogP contribution in [0.1, 0.15) is 25.6 Å². The van der Waals surface area contributed by atoms with Gasteiger partial charge in [0.05, 0.1) is 6.10 Å². The monoisotopic (exact) mass is 241 g/mol. The second-order valence-electron chi connectivity index (χ2n) is 4.29. The normalized spacial score (nSPS) is 22.5. The zero-order valence-electron chi connectivity index (χ0n) is 9.67. The fourth-order valence-corrected chi connectivity index (χ4v) is 3.38. The number of aryl methyl sites for hydroxylation is 1. The van der Waals surface area contributed by atoms with Crippen LogP contribution in [0.5, 0.6) is 0 Å². The highest BCUT2D eigenvalue weighted by molar-refractivity contribution is 7.99. The maximum Gasteiger partial charge on any atom is 0.138 e. The number of aromatic nitrogens is 3. The summed E-state index contributed by atoms with van der Waals surface area (Å²) in [4.78, 5) is 4.23. The fourth-order valence-electron chi connectivity index (χ4n) is 2.05. The number of hydrogen-bond acceptors (Lipinski definition) is 4. The third-order valence-corrected chi connectivity index (χ3v) is 4.22. The molecule has 1 aromatic heterocycles. The first-order valence-corrected chi connectivity index (χ1v) is 7.09. The quantitative estimate of drug-likeness (QED) is 0.845. The Bertz CT molecular complexity index is 323. The molecule has 0 spiro atoms. The lowest BCUT2D eigenvalue weighted by Crippen LogP contribution is -2.24. The van der Waals surface area contributed by atoms with E-state index in [4.69, 9.17) is 0 Å². The minimum Gasteiger partial charge on any atom is -0.392 e. The number of nitrogens with zero attached hydrogens (tertiary/aromatic N) is 3. The molecular weight excluding hydrogens is 222 g/mol. The summed E-state index contributed by atoms with van der Waals surface area (Å²) in [5.41, 5.74) is 0. The lowest BCUT2D eigenvalue weighted by atomic mass is 9.99. The van der Waals surface area contributed by atoms with Gasteiger partial charge in [-0.25, -0.2) is 4.98 Å². The zero-order valence-corrected chi connectivity index (χ0v) is 10.5. The first kappa shape index (κ1) is 11.9. The Morgan fingerprint density at radius 3 is 3.25 bits per heavy atom. The molecular formula is C11H19N3OS. The Morgan fingerprint density at radius 2 is 2.56 bits per heavy atom. The summed E-state index contributed by atoms with van der Waals surface area (Å²) in [5, 5.41) is 14.3. The van der Waals surface area contributed by atoms with Crippen molar-refractivity contribution in [3.63, 3.8) is 0 Å². The Balaban J connectivity index is 1.94. The van der Waals surface area contributed by atoms with Crippen LogP contribution in [0, 0.1) is 5.92 Å². The average Bonchev–Trinajstić information content (AvgIpc) is 2.90. The molecule has 1 aliphatic rings. The van der Waals surface area contributed by atoms with Gasteiger partial charge in [0, 0.05) is 13.0 Å². The van der Waals surface area contributed by atoms with Crippen LogP contribution in [0.4, 0.5) is 0 Å². The van der Waals surface area contributed by atoms with Crippen LogP contribution >= 0.6 is 11.8 Å². The maximum atomic E-state index is 10.1. The summed E-state index contributed by atoms with van der Waals surface area (Å²) in [7, 11) is 0. The molecule has 0 saturated carbocycles. The predicted molar refractivity (Wildman–Crippen MR) is 65.5 cm³/mol. The van der Waals surface area contributed by atoms with Crippen LogP contribution in [-0.4, -0.2) is 37.5 Å². The van der Waals surface area contributed by atoms with E-state index >= 15 is 0 Å². The van der Waals surface area contributed by atoms with Crippen molar-refractivity contribution < 1.29 is 5.11 Å². The van der Waals surface area contributed by atoms with E-state index in [9.17, 15) is 5.11 Å². The summed E-state index contributed by atoms with van der Waals surface area (Å²) in [6, 6.07) is 0. The Kier molecular flexibility index (Phi) is 4.23. The van der Waals surface area contributed by atoms with Gasteiger partial charge >= 0.3 is 0 Å². The van der Waals surface area contributed by atoms with Crippen molar-refractivity contribution in [2.75, 3.05) is 11.5 Å². The molecule has 1 N–H and O–H groups in total. The summed E-state index contributed by atoms with van der Waals surface area (Å²) in [6.07, 6.45) is 4.15. The van der Waals surface area contributed by atoms with Gasteiger partial charge in [-0.05, 0) is 30.3 Å². The molecule has 0 amide bonds. The SMILES string of the molecule is CCCn1ncnc1CC(O)C1CCSC1. The first-order chi connectivity index (χ1) is 7.81. The molecule has 0 aromatic carbocycles. The number of thioether (sulfide) groups is 1. The summed E-state index contributed by atoms with van der Waals surface area (Å²) < 4.78 is 1.91. The molecule has 0 aliphatic carbocycles. The van der Waals surface area contributed by atoms with Gasteiger partial charge < -0.3 is 5.11 Å². The highest BCUT2D eigenvalue weighted by atomic mass is 32.2. The second-order valence-corrected chi connectivity index (χ2v) is 5.44. The molecule has 4 nitrogen and oxygen atoms in total. The van der Waals surface area contributed by atoms with Crippen LogP contribution in [0.2, 0.25) is 0 Å². The largest absolute Gasteiger partial charge is 0.392 e. The van der Waals surface area contributed by atoms with Crippen LogP contribution in [-0.2, 0) is 13.0 Å². The Labute approximate surface area is 100 Å². The average molecular weight is 241 g/mol. The van der Waals surface area contributed by atoms with Crippen molar-refractivity contribution >= 4 is 11.8 Å². The van der Waals surface area contributed by atoms with Crippen molar-refractivity contribution in [3.05, 3.63) is 12.2 Å². The highest BCUT2D eigenvalue weighted by Crippen LogP contribution is 2.27. The van der Waals surface area contributed by atoms with E-state index in [0.29, 0.717) is 12.3 Å². The molecule has 2 atom stereocenters. The van der Waals surface area contributed by atoms with Gasteiger partial charge in [0.15, 0.2) is 0 Å². The number of aliphatic hydroxyl groups excluding tert-OH is 1. The van der Waals surface area contributed by atoms with Gasteiger partial charge in [-0.1, -0.05) is 6.92 Å². The fraction of sp³-hybridized carbons (Fsp3) is 0.818. The van der Waals surface area contributed by atoms with Gasteiger partial charge in [-0.3, -0.25) is 4.68 Å². The number of rotatable bonds is 5. The van der Waals surface area contributed by atoms with E-state index < -0.39 is 0 Å². The van der Waals surface area contributed by atoms with Crippen molar-refractivity contribution in [3.8, 4) is 0 Å². The van der Waals surface area contributed by atoms with Crippen LogP contribution in [0.3, 0.4) is 0 Å². The minimum atomic E-state index is -0.255. The smallest absolute Gasteiger partial charge is 0.138 e. The van der Waals surface area contributed by atoms with E-state index in [0.717, 1.165) is 31.0 Å². The molecule has 16 heavy (non-hydrogen) atoms. The summed E-state index contributed by atoms with van der Waals surface area (Å²) >= 11 is 1.93. The van der Waals surface area contributed by atoms with Crippen LogP contribution in [0.15, 0.2) is 6.33 Å². The molecule has 1 aliphatic heterocycles. The molecule has 5 heteroatoms. The Hall–Kier alpha value is -0.550. The van der Waals surface area contributed by atoms with E-state index in [1.54, 1.807) is 6.33 Å². The number of hydrogen-bond donors (Lipinski definition) is 1. The second kappa shape index (κ2) is 5.68. The number of aliphatic hydroxyl groups is 1. The minimum absolute atomic E-state index is 0.255. The van der Waals surface area contributed by atoms with Gasteiger partial charge in [-0.15, -0.1) is 0 Å². The molecule has 1 aromatic rings. The van der Waals surface area contributed by atoms with Gasteiger partial charge in [0.1, 0.15) is 12.2 Å². The lowest BCUT2D eigenvalue weighted by molar-refractivity contribution is 0.117. The van der Waals surface area contributed by atoms with Crippen LogP contribution < -0.4 is 0 Å². The summed E-state index contributed by atoms with van der Waals surface area (Å²) in [5.74, 6) is 3.63. The van der Waals surface area contributed by atoms with E-state index in [1.165, 1.54) is 5.75 Å². The van der Waals surface area contributed by atoms with Gasteiger partial charge in [0.25, 0.3) is 0 Å². The van der Waals surface area contributed by atoms with Crippen LogP contribution in [0.25, 0.3) is 0 Å². The van der Waals surface area contributed by atoms with E-state index in [-0.39, 0.29) is 6.10 Å². The standard InChI is InChI=1S/C11H19N3OS/c1-2-4-14-11(12-8-13-14)6-10(15)9-3-5-16-7-9/h8-10,15H,2-7H2,1H3. The topological polar surface area (TPSA) is 50.9 Å². The predicted octanol–water partition coefficient (Wildman–Crippen LogP) is 1.34. The lowest BCUT2D eigenvalue weighted by Gasteiger charge is -2.16. The molecule has 0 bridgehead atoms. The molecule has 90 valence electrons. The van der Waals surface area contributed by atoms with Gasteiger partial charge in [-0.2, -0.15) is 16.9 Å². The van der Waals surface area contributed by atoms with Crippen molar-refractivity contribution in [1.82, 2.24) is 14.8 Å². The third kappa shape index (κ3) is 2.77. The van der Waals surface area contributed by atoms with E-state index in [2.05, 4.69) is 17.0 Å². The molecule has 1 saturated heterocycles. The Morgan fingerprint density at radius 1 is 1.69 bits per heavy atom. The van der Waals surface area contributed by atoms with E-state index in [1.807, 2.05) is 16.4 Å². The molecule has 2 unspecified atom stereocenters. The van der Waals surface area contributed by atoms with Crippen molar-refractivity contribution in [2.45, 2.75) is 38.8 Å². The van der Waals surface area contributed by atoms with Crippen molar-refractivity contribution in [2.24, 2.45) is 5.92 Å². The maximum absolute atomic E-state index is 10.1. The highest BCUT2D eigenvalue weighted by Gasteiger charge is 2.25. The molecule has 2 rings (SSSR count). The summed E-state index contributed by atoms with van der Waals surface area (Å²) in [6.45, 7) is 3.01. The third-order valence-electron chi connectivity index (χ3n) is 3.03. The van der Waals surface area contributed by atoms with Crippen molar-refractivity contribution in [1.29, 1.82) is 0 Å². The molecule has 0 radical (unpaired) electrons. The first-order valence-electron chi connectivity index (χ1n) is 5.93. The molecule has 2 heterocycles. The van der Waals surface area contributed by atoms with Gasteiger partial charge in [0.2, 0.25) is 0 Å². The molecule has 1 fully saturated rings. The zero-order chi connectivity index (χ0) is 11.4.